The fourth-order valence-corrected chi connectivity index (χ4v) is 4.20. The van der Waals surface area contributed by atoms with Gasteiger partial charge >= 0.3 is 0 Å². The molecule has 156 valence electrons. The zero-order chi connectivity index (χ0) is 20.8. The second-order valence-corrected chi connectivity index (χ2v) is 8.95. The standard InChI is InChI=1S/C22H30N4O2S/c1-15(2)21(28)23-11-17-5-4-10-26(12-17)13-20(27)25-22-24-19(14-29-22)18-8-6-16(3)7-9-18/h6-9,14-15,17H,4-5,10-13H2,1-3H3,(H,23,28)(H,24,25,27). The van der Waals surface area contributed by atoms with Gasteiger partial charge in [0.2, 0.25) is 11.8 Å². The molecule has 1 atom stereocenters. The van der Waals surface area contributed by atoms with E-state index >= 15 is 0 Å². The molecule has 1 fully saturated rings. The Hall–Kier alpha value is -2.25. The largest absolute Gasteiger partial charge is 0.356 e. The Kier molecular flexibility index (Phi) is 7.39. The molecule has 2 N–H and O–H groups in total. The van der Waals surface area contributed by atoms with E-state index in [0.29, 0.717) is 24.1 Å². The van der Waals surface area contributed by atoms with E-state index in [4.69, 9.17) is 0 Å². The van der Waals surface area contributed by atoms with Crippen LogP contribution in [-0.2, 0) is 9.59 Å². The van der Waals surface area contributed by atoms with E-state index < -0.39 is 0 Å². The minimum Gasteiger partial charge on any atom is -0.356 e. The van der Waals surface area contributed by atoms with Gasteiger partial charge in [-0.2, -0.15) is 0 Å². The van der Waals surface area contributed by atoms with E-state index in [1.54, 1.807) is 0 Å². The SMILES string of the molecule is Cc1ccc(-c2csc(NC(=O)CN3CCCC(CNC(=O)C(C)C)C3)n2)cc1. The molecule has 1 aliphatic heterocycles. The second kappa shape index (κ2) is 9.98. The molecule has 29 heavy (non-hydrogen) atoms. The summed E-state index contributed by atoms with van der Waals surface area (Å²) in [5.41, 5.74) is 3.14. The van der Waals surface area contributed by atoms with Crippen LogP contribution in [0.4, 0.5) is 5.13 Å². The number of aromatic nitrogens is 1. The molecular weight excluding hydrogens is 384 g/mol. The number of likely N-dealkylation sites (tertiary alicyclic amines) is 1. The van der Waals surface area contributed by atoms with Gasteiger partial charge < -0.3 is 10.6 Å². The summed E-state index contributed by atoms with van der Waals surface area (Å²) in [5, 5.41) is 8.54. The summed E-state index contributed by atoms with van der Waals surface area (Å²) in [4.78, 5) is 31.0. The van der Waals surface area contributed by atoms with Gasteiger partial charge in [0.1, 0.15) is 0 Å². The lowest BCUT2D eigenvalue weighted by atomic mass is 9.97. The molecule has 1 aromatic heterocycles. The number of benzene rings is 1. The number of hydrogen-bond acceptors (Lipinski definition) is 5. The molecule has 3 rings (SSSR count). The molecule has 2 aromatic rings. The van der Waals surface area contributed by atoms with Crippen molar-refractivity contribution in [1.82, 2.24) is 15.2 Å². The number of nitrogens with one attached hydrogen (secondary N) is 2. The molecule has 0 aliphatic carbocycles. The predicted molar refractivity (Wildman–Crippen MR) is 118 cm³/mol. The zero-order valence-corrected chi connectivity index (χ0v) is 18.2. The Morgan fingerprint density at radius 1 is 1.28 bits per heavy atom. The number of piperidine rings is 1. The number of amides is 2. The number of carbonyl (C=O) groups is 2. The number of rotatable bonds is 7. The first kappa shape index (κ1) is 21.5. The monoisotopic (exact) mass is 414 g/mol. The Balaban J connectivity index is 1.48. The van der Waals surface area contributed by atoms with Crippen molar-refractivity contribution < 1.29 is 9.59 Å². The third kappa shape index (κ3) is 6.37. The summed E-state index contributed by atoms with van der Waals surface area (Å²) >= 11 is 1.44. The predicted octanol–water partition coefficient (Wildman–Crippen LogP) is 3.54. The molecule has 0 saturated carbocycles. The van der Waals surface area contributed by atoms with Gasteiger partial charge in [0.05, 0.1) is 12.2 Å². The van der Waals surface area contributed by atoms with Crippen LogP contribution in [-0.4, -0.2) is 47.9 Å². The number of carbonyl (C=O) groups excluding carboxylic acids is 2. The first-order chi connectivity index (χ1) is 13.9. The van der Waals surface area contributed by atoms with Crippen molar-refractivity contribution in [2.45, 2.75) is 33.6 Å². The highest BCUT2D eigenvalue weighted by Crippen LogP contribution is 2.25. The van der Waals surface area contributed by atoms with Gasteiger partial charge in [0.25, 0.3) is 0 Å². The molecule has 2 amide bonds. The molecular formula is C22H30N4O2S. The average Bonchev–Trinajstić information content (AvgIpc) is 3.15. The lowest BCUT2D eigenvalue weighted by Gasteiger charge is -2.32. The van der Waals surface area contributed by atoms with E-state index in [1.165, 1.54) is 16.9 Å². The summed E-state index contributed by atoms with van der Waals surface area (Å²) in [7, 11) is 0. The van der Waals surface area contributed by atoms with Crippen LogP contribution in [0.2, 0.25) is 0 Å². The van der Waals surface area contributed by atoms with Crippen molar-refractivity contribution in [2.24, 2.45) is 11.8 Å². The average molecular weight is 415 g/mol. The molecule has 6 nitrogen and oxygen atoms in total. The van der Waals surface area contributed by atoms with Gasteiger partial charge in [0.15, 0.2) is 5.13 Å². The molecule has 0 radical (unpaired) electrons. The van der Waals surface area contributed by atoms with Crippen LogP contribution in [0.5, 0.6) is 0 Å². The smallest absolute Gasteiger partial charge is 0.240 e. The number of hydrogen-bond donors (Lipinski definition) is 2. The van der Waals surface area contributed by atoms with Gasteiger partial charge in [-0.15, -0.1) is 11.3 Å². The van der Waals surface area contributed by atoms with E-state index in [-0.39, 0.29) is 17.7 Å². The number of thiazole rings is 1. The molecule has 1 aromatic carbocycles. The fraction of sp³-hybridized carbons (Fsp3) is 0.500. The number of aryl methyl sites for hydroxylation is 1. The summed E-state index contributed by atoms with van der Waals surface area (Å²) in [6, 6.07) is 8.20. The summed E-state index contributed by atoms with van der Waals surface area (Å²) in [6.45, 7) is 8.63. The van der Waals surface area contributed by atoms with Crippen LogP contribution in [0, 0.1) is 18.8 Å². The van der Waals surface area contributed by atoms with E-state index in [1.807, 2.05) is 31.4 Å². The van der Waals surface area contributed by atoms with Crippen LogP contribution in [0.3, 0.4) is 0 Å². The Morgan fingerprint density at radius 2 is 2.03 bits per heavy atom. The first-order valence-corrected chi connectivity index (χ1v) is 11.1. The van der Waals surface area contributed by atoms with E-state index in [2.05, 4.69) is 39.6 Å². The van der Waals surface area contributed by atoms with Crippen LogP contribution in [0.15, 0.2) is 29.6 Å². The van der Waals surface area contributed by atoms with Gasteiger partial charge in [-0.3, -0.25) is 14.5 Å². The minimum absolute atomic E-state index is 0.00330. The zero-order valence-electron chi connectivity index (χ0n) is 17.4. The van der Waals surface area contributed by atoms with Crippen molar-refractivity contribution in [3.05, 3.63) is 35.2 Å². The third-order valence-electron chi connectivity index (χ3n) is 5.16. The Morgan fingerprint density at radius 3 is 2.76 bits per heavy atom. The maximum absolute atomic E-state index is 12.5. The maximum Gasteiger partial charge on any atom is 0.240 e. The highest BCUT2D eigenvalue weighted by molar-refractivity contribution is 7.14. The topological polar surface area (TPSA) is 74.3 Å². The molecule has 1 saturated heterocycles. The van der Waals surface area contributed by atoms with Gasteiger partial charge in [-0.05, 0) is 32.2 Å². The molecule has 1 unspecified atom stereocenters. The normalized spacial score (nSPS) is 17.3. The summed E-state index contributed by atoms with van der Waals surface area (Å²) in [5.74, 6) is 0.450. The van der Waals surface area contributed by atoms with Crippen LogP contribution < -0.4 is 10.6 Å². The molecule has 0 bridgehead atoms. The van der Waals surface area contributed by atoms with Crippen molar-refractivity contribution in [3.8, 4) is 11.3 Å². The van der Waals surface area contributed by atoms with Crippen molar-refractivity contribution in [1.29, 1.82) is 0 Å². The Labute approximate surface area is 176 Å². The maximum atomic E-state index is 12.5. The lowest BCUT2D eigenvalue weighted by Crippen LogP contribution is -2.44. The van der Waals surface area contributed by atoms with Crippen molar-refractivity contribution in [2.75, 3.05) is 31.5 Å². The summed E-state index contributed by atoms with van der Waals surface area (Å²) in [6.07, 6.45) is 2.13. The third-order valence-corrected chi connectivity index (χ3v) is 5.92. The van der Waals surface area contributed by atoms with Crippen molar-refractivity contribution in [3.63, 3.8) is 0 Å². The van der Waals surface area contributed by atoms with Gasteiger partial charge in [-0.1, -0.05) is 43.7 Å². The Bertz CT molecular complexity index is 832. The summed E-state index contributed by atoms with van der Waals surface area (Å²) < 4.78 is 0. The van der Waals surface area contributed by atoms with E-state index in [0.717, 1.165) is 37.2 Å². The fourth-order valence-electron chi connectivity index (χ4n) is 3.46. The molecule has 0 spiro atoms. The number of nitrogens with zero attached hydrogens (tertiary/aromatic N) is 2. The van der Waals surface area contributed by atoms with Crippen LogP contribution >= 0.6 is 11.3 Å². The highest BCUT2D eigenvalue weighted by atomic mass is 32.1. The highest BCUT2D eigenvalue weighted by Gasteiger charge is 2.22. The molecule has 7 heteroatoms. The molecule has 1 aliphatic rings. The van der Waals surface area contributed by atoms with Crippen LogP contribution in [0.1, 0.15) is 32.3 Å². The lowest BCUT2D eigenvalue weighted by molar-refractivity contribution is -0.124. The van der Waals surface area contributed by atoms with Gasteiger partial charge in [-0.25, -0.2) is 4.98 Å². The van der Waals surface area contributed by atoms with Crippen LogP contribution in [0.25, 0.3) is 11.3 Å². The number of anilines is 1. The first-order valence-electron chi connectivity index (χ1n) is 10.2. The second-order valence-electron chi connectivity index (χ2n) is 8.10. The van der Waals surface area contributed by atoms with E-state index in [9.17, 15) is 9.59 Å². The molecule has 2 heterocycles. The van der Waals surface area contributed by atoms with Crippen molar-refractivity contribution >= 4 is 28.3 Å². The minimum atomic E-state index is -0.0401. The van der Waals surface area contributed by atoms with Gasteiger partial charge in [0, 0.05) is 30.0 Å². The quantitative estimate of drug-likeness (QED) is 0.727.